The van der Waals surface area contributed by atoms with Crippen LogP contribution in [0.1, 0.15) is 77.0 Å². The molecule has 3 aliphatic carbocycles. The van der Waals surface area contributed by atoms with Crippen LogP contribution in [-0.2, 0) is 9.59 Å². The zero-order valence-electron chi connectivity index (χ0n) is 23.5. The number of ether oxygens (including phenoxy) is 2. The van der Waals surface area contributed by atoms with E-state index in [-0.39, 0.29) is 29.3 Å². The van der Waals surface area contributed by atoms with Crippen molar-refractivity contribution in [3.05, 3.63) is 58.6 Å². The van der Waals surface area contributed by atoms with Gasteiger partial charge in [0.1, 0.15) is 17.4 Å². The second-order valence-corrected chi connectivity index (χ2v) is 11.9. The summed E-state index contributed by atoms with van der Waals surface area (Å²) >= 11 is 5.72. The molecule has 0 aromatic heterocycles. The molecule has 0 heterocycles. The Morgan fingerprint density at radius 1 is 0.786 bits per heavy atom. The lowest BCUT2D eigenvalue weighted by Crippen LogP contribution is -2.61. The monoisotopic (exact) mass is 612 g/mol. The molecule has 0 saturated heterocycles. The number of hydrogen-bond acceptors (Lipinski definition) is 4. The van der Waals surface area contributed by atoms with Crippen LogP contribution in [0.15, 0.2) is 30.3 Å². The summed E-state index contributed by atoms with van der Waals surface area (Å²) in [4.78, 5) is 25.8. The highest BCUT2D eigenvalue weighted by Crippen LogP contribution is 2.44. The zero-order valence-corrected chi connectivity index (χ0v) is 24.2. The number of fused-ring (bicyclic) bond motifs is 10. The van der Waals surface area contributed by atoms with Gasteiger partial charge in [-0.25, -0.2) is 17.6 Å². The van der Waals surface area contributed by atoms with E-state index >= 15 is 0 Å². The number of amides is 2. The molecule has 3 aliphatic rings. The first-order chi connectivity index (χ1) is 20.1. The van der Waals surface area contributed by atoms with Crippen molar-refractivity contribution in [2.75, 3.05) is 13.2 Å². The summed E-state index contributed by atoms with van der Waals surface area (Å²) < 4.78 is 65.4. The highest BCUT2D eigenvalue weighted by Gasteiger charge is 2.46. The third-order valence-corrected chi connectivity index (χ3v) is 8.31. The minimum Gasteiger partial charge on any atom is -0.484 e. The minimum absolute atomic E-state index is 0.0441. The van der Waals surface area contributed by atoms with Crippen molar-refractivity contribution < 1.29 is 36.6 Å². The normalized spacial score (nSPS) is 23.2. The van der Waals surface area contributed by atoms with Crippen molar-refractivity contribution in [3.63, 3.8) is 0 Å². The Kier molecular flexibility index (Phi) is 11.4. The summed E-state index contributed by atoms with van der Waals surface area (Å²) in [5.41, 5.74) is -0.561. The van der Waals surface area contributed by atoms with Crippen LogP contribution >= 0.6 is 11.6 Å². The summed E-state index contributed by atoms with van der Waals surface area (Å²) in [6.07, 6.45) is 11.3. The molecule has 2 amide bonds. The highest BCUT2D eigenvalue weighted by atomic mass is 35.5. The Labute approximate surface area is 248 Å². The molecule has 0 spiro atoms. The predicted octanol–water partition coefficient (Wildman–Crippen LogP) is 7.02. The first-order valence-electron chi connectivity index (χ1n) is 14.6. The molecule has 2 aromatic carbocycles. The Morgan fingerprint density at radius 3 is 2.07 bits per heavy atom. The number of hydrogen-bond donors (Lipinski definition) is 2. The van der Waals surface area contributed by atoms with Gasteiger partial charge in [0.15, 0.2) is 30.6 Å². The van der Waals surface area contributed by atoms with E-state index in [2.05, 4.69) is 10.6 Å². The number of nitrogens with one attached hydrogen (secondary N) is 2. The van der Waals surface area contributed by atoms with Gasteiger partial charge in [0, 0.05) is 29.8 Å². The molecule has 6 nitrogen and oxygen atoms in total. The summed E-state index contributed by atoms with van der Waals surface area (Å²) in [5, 5.41) is 6.00. The average Bonchev–Trinajstić information content (AvgIpc) is 2.90. The fourth-order valence-electron chi connectivity index (χ4n) is 6.10. The van der Waals surface area contributed by atoms with Gasteiger partial charge in [-0.2, -0.15) is 0 Å². The van der Waals surface area contributed by atoms with E-state index in [0.29, 0.717) is 30.9 Å². The second kappa shape index (κ2) is 14.9. The Bertz CT molecular complexity index is 1220. The molecule has 3 fully saturated rings. The fourth-order valence-corrected chi connectivity index (χ4v) is 6.21. The summed E-state index contributed by atoms with van der Waals surface area (Å²) in [6.45, 7) is -0.962. The average molecular weight is 613 g/mol. The van der Waals surface area contributed by atoms with Crippen LogP contribution in [0.2, 0.25) is 5.02 Å². The maximum absolute atomic E-state index is 14.0. The van der Waals surface area contributed by atoms with Crippen LogP contribution in [0.3, 0.4) is 0 Å². The van der Waals surface area contributed by atoms with E-state index in [4.69, 9.17) is 21.1 Å². The standard InChI is InChI=1S/C31H37ClF4N2O4/c32-24-11-10-23(14-25(24)34)41-19-29(40)38-31-15-20(16-31)8-6-4-2-1-3-5-7-9-22(17-31)37-28(39)18-42-30-26(35)12-21(33)13-27(30)36/h10-14,20,22H,1-9,15-19H2,(H,37,39)(H,38,40). The minimum atomic E-state index is -1.23. The molecule has 2 N–H and O–H groups in total. The van der Waals surface area contributed by atoms with Gasteiger partial charge < -0.3 is 20.1 Å². The van der Waals surface area contributed by atoms with Crippen molar-refractivity contribution in [2.24, 2.45) is 5.92 Å². The third-order valence-electron chi connectivity index (χ3n) is 8.00. The van der Waals surface area contributed by atoms with E-state index in [1.54, 1.807) is 0 Å². The molecule has 2 bridgehead atoms. The van der Waals surface area contributed by atoms with Gasteiger partial charge in [-0.05, 0) is 43.7 Å². The van der Waals surface area contributed by atoms with E-state index < -0.39 is 47.1 Å². The predicted molar refractivity (Wildman–Crippen MR) is 150 cm³/mol. The molecule has 1 unspecified atom stereocenters. The van der Waals surface area contributed by atoms with Gasteiger partial charge in [0.05, 0.1) is 5.02 Å². The van der Waals surface area contributed by atoms with Crippen LogP contribution < -0.4 is 20.1 Å². The lowest BCUT2D eigenvalue weighted by molar-refractivity contribution is -0.127. The molecule has 2 aromatic rings. The van der Waals surface area contributed by atoms with Crippen LogP contribution in [0.5, 0.6) is 11.5 Å². The number of rotatable bonds is 8. The van der Waals surface area contributed by atoms with Crippen LogP contribution in [0.4, 0.5) is 17.6 Å². The van der Waals surface area contributed by atoms with Crippen molar-refractivity contribution in [1.29, 1.82) is 0 Å². The number of carbonyl (C=O) groups excluding carboxylic acids is 2. The molecule has 230 valence electrons. The first kappa shape index (κ1) is 31.9. The first-order valence-corrected chi connectivity index (χ1v) is 15.0. The Morgan fingerprint density at radius 2 is 1.40 bits per heavy atom. The van der Waals surface area contributed by atoms with E-state index in [9.17, 15) is 27.2 Å². The fraction of sp³-hybridized carbons (Fsp3) is 0.548. The molecule has 0 radical (unpaired) electrons. The third kappa shape index (κ3) is 9.24. The van der Waals surface area contributed by atoms with Crippen LogP contribution in [0, 0.1) is 29.2 Å². The molecule has 3 saturated carbocycles. The molecular weight excluding hydrogens is 576 g/mol. The number of carbonyl (C=O) groups is 2. The van der Waals surface area contributed by atoms with Crippen molar-refractivity contribution in [1.82, 2.24) is 10.6 Å². The molecular formula is C31H37ClF4N2O4. The lowest BCUT2D eigenvalue weighted by Gasteiger charge is -2.50. The second-order valence-electron chi connectivity index (χ2n) is 11.5. The van der Waals surface area contributed by atoms with Gasteiger partial charge in [-0.15, -0.1) is 0 Å². The van der Waals surface area contributed by atoms with Crippen molar-refractivity contribution in [3.8, 4) is 11.5 Å². The van der Waals surface area contributed by atoms with Gasteiger partial charge in [-0.1, -0.05) is 63.0 Å². The van der Waals surface area contributed by atoms with Crippen molar-refractivity contribution >= 4 is 23.4 Å². The van der Waals surface area contributed by atoms with E-state index in [1.807, 2.05) is 0 Å². The SMILES string of the molecule is O=C(COc1c(F)cc(F)cc1F)NC1CCCCCCCCCC2CC(NC(=O)COc3ccc(Cl)c(F)c3)(C2)C1. The number of halogens is 5. The summed E-state index contributed by atoms with van der Waals surface area (Å²) in [5.74, 6) is -5.32. The molecule has 1 atom stereocenters. The Hall–Kier alpha value is -3.01. The molecule has 0 aliphatic heterocycles. The molecule has 5 rings (SSSR count). The zero-order chi connectivity index (χ0) is 30.1. The maximum atomic E-state index is 14.0. The highest BCUT2D eigenvalue weighted by molar-refractivity contribution is 6.30. The molecule has 42 heavy (non-hydrogen) atoms. The van der Waals surface area contributed by atoms with Gasteiger partial charge >= 0.3 is 0 Å². The quantitative estimate of drug-likeness (QED) is 0.314. The summed E-state index contributed by atoms with van der Waals surface area (Å²) in [7, 11) is 0. The maximum Gasteiger partial charge on any atom is 0.258 e. The van der Waals surface area contributed by atoms with Gasteiger partial charge in [0.2, 0.25) is 0 Å². The topological polar surface area (TPSA) is 76.7 Å². The van der Waals surface area contributed by atoms with Gasteiger partial charge in [0.25, 0.3) is 11.8 Å². The van der Waals surface area contributed by atoms with E-state index in [1.165, 1.54) is 31.4 Å². The smallest absolute Gasteiger partial charge is 0.258 e. The summed E-state index contributed by atoms with van der Waals surface area (Å²) in [6, 6.07) is 4.61. The lowest BCUT2D eigenvalue weighted by atomic mass is 9.63. The largest absolute Gasteiger partial charge is 0.484 e. The van der Waals surface area contributed by atoms with Crippen LogP contribution in [-0.4, -0.2) is 36.6 Å². The Balaban J connectivity index is 1.40. The van der Waals surface area contributed by atoms with Crippen molar-refractivity contribution in [2.45, 2.75) is 88.6 Å². The molecule has 11 heteroatoms. The number of benzene rings is 2. The van der Waals surface area contributed by atoms with E-state index in [0.717, 1.165) is 51.0 Å². The van der Waals surface area contributed by atoms with Crippen LogP contribution in [0.25, 0.3) is 0 Å². The van der Waals surface area contributed by atoms with Gasteiger partial charge in [-0.3, -0.25) is 9.59 Å².